The molecule has 56 valence electrons. The van der Waals surface area contributed by atoms with Gasteiger partial charge in [-0.15, -0.1) is 11.6 Å². The van der Waals surface area contributed by atoms with Crippen molar-refractivity contribution in [1.82, 2.24) is 0 Å². The summed E-state index contributed by atoms with van der Waals surface area (Å²) in [7, 11) is 1.44. The van der Waals surface area contributed by atoms with Gasteiger partial charge < -0.3 is 9.47 Å². The third-order valence-corrected chi connectivity index (χ3v) is 1.65. The van der Waals surface area contributed by atoms with E-state index in [4.69, 9.17) is 21.1 Å². The van der Waals surface area contributed by atoms with Gasteiger partial charge in [0.1, 0.15) is 0 Å². The van der Waals surface area contributed by atoms with Crippen LogP contribution in [0.5, 0.6) is 0 Å². The molecule has 1 unspecified atom stereocenters. The topological polar surface area (TPSA) is 35.5 Å². The summed E-state index contributed by atoms with van der Waals surface area (Å²) >= 11 is 5.48. The Morgan fingerprint density at radius 1 is 1.90 bits per heavy atom. The van der Waals surface area contributed by atoms with Crippen molar-refractivity contribution in [1.29, 1.82) is 0 Å². The molecule has 1 atom stereocenters. The highest BCUT2D eigenvalue weighted by atomic mass is 35.5. The molecule has 1 aliphatic rings. The molecule has 0 aliphatic carbocycles. The number of alkyl halides is 1. The van der Waals surface area contributed by atoms with Gasteiger partial charge in [0.25, 0.3) is 0 Å². The van der Waals surface area contributed by atoms with E-state index >= 15 is 0 Å². The first-order valence-corrected chi connectivity index (χ1v) is 3.29. The summed E-state index contributed by atoms with van der Waals surface area (Å²) in [4.78, 5) is 10.5. The smallest absolute Gasteiger partial charge is 0.333 e. The van der Waals surface area contributed by atoms with Gasteiger partial charge in [0.05, 0.1) is 5.88 Å². The lowest BCUT2D eigenvalue weighted by molar-refractivity contribution is -0.180. The van der Waals surface area contributed by atoms with Crippen molar-refractivity contribution < 1.29 is 14.3 Å². The molecular formula is C6H7ClO3. The van der Waals surface area contributed by atoms with Crippen LogP contribution in [0.1, 0.15) is 0 Å². The number of esters is 1. The van der Waals surface area contributed by atoms with Gasteiger partial charge in [-0.25, -0.2) is 4.79 Å². The number of ether oxygens (including phenoxy) is 2. The van der Waals surface area contributed by atoms with Crippen LogP contribution in [-0.4, -0.2) is 24.7 Å². The van der Waals surface area contributed by atoms with Crippen molar-refractivity contribution >= 4 is 17.6 Å². The highest BCUT2D eigenvalue weighted by Gasteiger charge is 2.34. The summed E-state index contributed by atoms with van der Waals surface area (Å²) in [5.74, 6) is -1.31. The van der Waals surface area contributed by atoms with Gasteiger partial charge in [-0.3, -0.25) is 0 Å². The monoisotopic (exact) mass is 162 g/mol. The lowest BCUT2D eigenvalue weighted by Gasteiger charge is -2.20. The first kappa shape index (κ1) is 7.57. The summed E-state index contributed by atoms with van der Waals surface area (Å²) in [6.45, 7) is 0. The third kappa shape index (κ3) is 1.15. The molecule has 0 N–H and O–H groups in total. The summed E-state index contributed by atoms with van der Waals surface area (Å²) in [6.07, 6.45) is 2.80. The summed E-state index contributed by atoms with van der Waals surface area (Å²) < 4.78 is 9.60. The van der Waals surface area contributed by atoms with E-state index < -0.39 is 11.8 Å². The average molecular weight is 163 g/mol. The van der Waals surface area contributed by atoms with Crippen LogP contribution in [-0.2, 0) is 14.3 Å². The predicted molar refractivity (Wildman–Crippen MR) is 35.7 cm³/mol. The van der Waals surface area contributed by atoms with E-state index in [1.165, 1.54) is 19.3 Å². The molecule has 4 heteroatoms. The Balaban J connectivity index is 2.70. The molecule has 0 bridgehead atoms. The Kier molecular flexibility index (Phi) is 1.97. The molecule has 0 saturated carbocycles. The fourth-order valence-corrected chi connectivity index (χ4v) is 0.922. The quantitative estimate of drug-likeness (QED) is 0.443. The van der Waals surface area contributed by atoms with Crippen molar-refractivity contribution in [2.45, 2.75) is 5.79 Å². The van der Waals surface area contributed by atoms with Gasteiger partial charge in [0.15, 0.2) is 0 Å². The fourth-order valence-electron chi connectivity index (χ4n) is 0.669. The molecule has 0 fully saturated rings. The van der Waals surface area contributed by atoms with E-state index in [1.54, 1.807) is 0 Å². The van der Waals surface area contributed by atoms with E-state index in [2.05, 4.69) is 0 Å². The molecule has 1 heterocycles. The first-order chi connectivity index (χ1) is 4.72. The van der Waals surface area contributed by atoms with Gasteiger partial charge in [0.2, 0.25) is 5.79 Å². The number of cyclic esters (lactones) is 1. The third-order valence-electron chi connectivity index (χ3n) is 1.28. The number of carbonyl (C=O) groups excluding carboxylic acids is 1. The second-order valence-electron chi connectivity index (χ2n) is 1.90. The van der Waals surface area contributed by atoms with E-state index in [-0.39, 0.29) is 5.88 Å². The Morgan fingerprint density at radius 2 is 2.60 bits per heavy atom. The van der Waals surface area contributed by atoms with Crippen LogP contribution in [0, 0.1) is 0 Å². The molecule has 0 aromatic rings. The number of methoxy groups -OCH3 is 1. The SMILES string of the molecule is COC1(CCl)C=CC(=O)O1. The van der Waals surface area contributed by atoms with E-state index in [0.717, 1.165) is 0 Å². The van der Waals surface area contributed by atoms with Crippen molar-refractivity contribution in [3.63, 3.8) is 0 Å². The van der Waals surface area contributed by atoms with Crippen molar-refractivity contribution in [3.05, 3.63) is 12.2 Å². The molecular weight excluding hydrogens is 156 g/mol. The zero-order valence-corrected chi connectivity index (χ0v) is 6.22. The van der Waals surface area contributed by atoms with Gasteiger partial charge in [-0.05, 0) is 6.08 Å². The molecule has 0 spiro atoms. The second-order valence-corrected chi connectivity index (χ2v) is 2.17. The lowest BCUT2D eigenvalue weighted by Crippen LogP contribution is -2.32. The minimum atomic E-state index is -1.02. The number of carbonyl (C=O) groups is 1. The summed E-state index contributed by atoms with van der Waals surface area (Å²) in [5.41, 5.74) is 0. The Morgan fingerprint density at radius 3 is 2.80 bits per heavy atom. The molecule has 0 radical (unpaired) electrons. The van der Waals surface area contributed by atoms with Crippen molar-refractivity contribution in [2.75, 3.05) is 13.0 Å². The lowest BCUT2D eigenvalue weighted by atomic mass is 10.3. The normalized spacial score (nSPS) is 30.8. The maximum absolute atomic E-state index is 10.5. The molecule has 0 aromatic heterocycles. The van der Waals surface area contributed by atoms with Crippen LogP contribution < -0.4 is 0 Å². The van der Waals surface area contributed by atoms with E-state index in [0.29, 0.717) is 0 Å². The van der Waals surface area contributed by atoms with Gasteiger partial charge >= 0.3 is 5.97 Å². The molecule has 1 aliphatic heterocycles. The predicted octanol–water partition coefficient (Wildman–Crippen LogP) is 0.681. The Bertz CT molecular complexity index is 172. The summed E-state index contributed by atoms with van der Waals surface area (Å²) in [6, 6.07) is 0. The second kappa shape index (κ2) is 2.60. The molecule has 0 aromatic carbocycles. The van der Waals surface area contributed by atoms with Crippen LogP contribution in [0.15, 0.2) is 12.2 Å². The Hall–Kier alpha value is -0.540. The van der Waals surface area contributed by atoms with Crippen molar-refractivity contribution in [3.8, 4) is 0 Å². The molecule has 0 saturated heterocycles. The number of hydrogen-bond acceptors (Lipinski definition) is 3. The molecule has 3 nitrogen and oxygen atoms in total. The van der Waals surface area contributed by atoms with Crippen LogP contribution >= 0.6 is 11.6 Å². The van der Waals surface area contributed by atoms with Gasteiger partial charge in [0, 0.05) is 13.2 Å². The minimum absolute atomic E-state index is 0.117. The highest BCUT2D eigenvalue weighted by Crippen LogP contribution is 2.21. The van der Waals surface area contributed by atoms with Crippen LogP contribution in [0.4, 0.5) is 0 Å². The zero-order chi connectivity index (χ0) is 7.61. The number of hydrogen-bond donors (Lipinski definition) is 0. The van der Waals surface area contributed by atoms with Gasteiger partial charge in [-0.1, -0.05) is 0 Å². The maximum atomic E-state index is 10.5. The van der Waals surface area contributed by atoms with Gasteiger partial charge in [-0.2, -0.15) is 0 Å². The Labute approximate surface area is 63.6 Å². The summed E-state index contributed by atoms with van der Waals surface area (Å²) in [5, 5.41) is 0. The first-order valence-electron chi connectivity index (χ1n) is 2.76. The molecule has 0 amide bonds. The van der Waals surface area contributed by atoms with Crippen LogP contribution in [0.3, 0.4) is 0 Å². The fraction of sp³-hybridized carbons (Fsp3) is 0.500. The molecule has 1 rings (SSSR count). The van der Waals surface area contributed by atoms with Crippen LogP contribution in [0.2, 0.25) is 0 Å². The zero-order valence-electron chi connectivity index (χ0n) is 5.46. The van der Waals surface area contributed by atoms with E-state index in [1.807, 2.05) is 0 Å². The standard InChI is InChI=1S/C6H7ClO3/c1-9-6(4-7)3-2-5(8)10-6/h2-3H,4H2,1H3. The van der Waals surface area contributed by atoms with E-state index in [9.17, 15) is 4.79 Å². The molecule has 10 heavy (non-hydrogen) atoms. The highest BCUT2D eigenvalue weighted by molar-refractivity contribution is 6.18. The maximum Gasteiger partial charge on any atom is 0.333 e. The largest absolute Gasteiger partial charge is 0.425 e. The van der Waals surface area contributed by atoms with Crippen molar-refractivity contribution in [2.24, 2.45) is 0 Å². The number of rotatable bonds is 2. The average Bonchev–Trinajstić information content (AvgIpc) is 2.33. The number of halogens is 1. The minimum Gasteiger partial charge on any atom is -0.425 e. The van der Waals surface area contributed by atoms with Crippen LogP contribution in [0.25, 0.3) is 0 Å².